The molecule has 6 nitrogen and oxygen atoms in total. The zero-order valence-electron chi connectivity index (χ0n) is 14.8. The van der Waals surface area contributed by atoms with Gasteiger partial charge in [-0.2, -0.15) is 5.10 Å². The summed E-state index contributed by atoms with van der Waals surface area (Å²) >= 11 is 5.82. The number of benzene rings is 2. The van der Waals surface area contributed by atoms with Crippen LogP contribution >= 0.6 is 11.6 Å². The highest BCUT2D eigenvalue weighted by atomic mass is 35.5. The predicted octanol–water partition coefficient (Wildman–Crippen LogP) is 3.82. The van der Waals surface area contributed by atoms with Gasteiger partial charge in [0.05, 0.1) is 4.90 Å². The second kappa shape index (κ2) is 7.41. The molecule has 0 aliphatic heterocycles. The van der Waals surface area contributed by atoms with E-state index in [0.29, 0.717) is 22.5 Å². The highest BCUT2D eigenvalue weighted by Crippen LogP contribution is 2.40. The van der Waals surface area contributed by atoms with Crippen LogP contribution in [-0.2, 0) is 10.0 Å². The van der Waals surface area contributed by atoms with Gasteiger partial charge in [-0.05, 0) is 61.2 Å². The van der Waals surface area contributed by atoms with Crippen molar-refractivity contribution in [1.29, 1.82) is 0 Å². The van der Waals surface area contributed by atoms with Crippen molar-refractivity contribution in [2.45, 2.75) is 17.7 Å². The zero-order valence-corrected chi connectivity index (χ0v) is 16.4. The maximum atomic E-state index is 12.6. The molecular weight excluding hydrogens is 398 g/mol. The van der Waals surface area contributed by atoms with Crippen molar-refractivity contribution < 1.29 is 13.2 Å². The lowest BCUT2D eigenvalue weighted by atomic mass is 9.74. The highest BCUT2D eigenvalue weighted by molar-refractivity contribution is 7.92. The number of carbonyl (C=O) groups excluding carboxylic acids is 1. The molecule has 4 rings (SSSR count). The lowest BCUT2D eigenvalue weighted by Crippen LogP contribution is -2.35. The fraction of sp³-hybridized carbons (Fsp3) is 0.200. The van der Waals surface area contributed by atoms with Gasteiger partial charge in [-0.25, -0.2) is 13.8 Å². The first-order valence-electron chi connectivity index (χ1n) is 8.84. The largest absolute Gasteiger partial charge is 0.280 e. The summed E-state index contributed by atoms with van der Waals surface area (Å²) in [5.41, 5.74) is 4.13. The Balaban J connectivity index is 1.46. The summed E-state index contributed by atoms with van der Waals surface area (Å²) in [4.78, 5) is 12.4. The monoisotopic (exact) mass is 415 g/mol. The zero-order chi connectivity index (χ0) is 19.7. The third-order valence-electron chi connectivity index (χ3n) is 4.97. The number of halogens is 1. The third kappa shape index (κ3) is 3.81. The standard InChI is InChI=1S/C20H18ClN3O3S/c21-15-7-9-16(10-8-15)24-28(26,27)17-5-1-4-14(11-17)20(25)23-22-19-12-13-3-2-6-18(13)19/h1-5,7-11,13,18,24H,6,12H2,(H,23,25)/b22-19-/t13-,18+/m1/s1. The summed E-state index contributed by atoms with van der Waals surface area (Å²) in [5.74, 6) is 0.504. The molecule has 28 heavy (non-hydrogen) atoms. The molecule has 144 valence electrons. The first-order valence-corrected chi connectivity index (χ1v) is 10.7. The molecule has 2 N–H and O–H groups in total. The van der Waals surface area contributed by atoms with E-state index in [4.69, 9.17) is 11.6 Å². The van der Waals surface area contributed by atoms with E-state index >= 15 is 0 Å². The molecule has 2 aliphatic rings. The van der Waals surface area contributed by atoms with Gasteiger partial charge in [-0.1, -0.05) is 29.8 Å². The number of nitrogens with zero attached hydrogens (tertiary/aromatic N) is 1. The fourth-order valence-electron chi connectivity index (χ4n) is 3.39. The van der Waals surface area contributed by atoms with E-state index in [2.05, 4.69) is 27.4 Å². The van der Waals surface area contributed by atoms with Gasteiger partial charge in [0.2, 0.25) is 0 Å². The summed E-state index contributed by atoms with van der Waals surface area (Å²) in [5, 5.41) is 4.72. The van der Waals surface area contributed by atoms with Gasteiger partial charge in [-0.3, -0.25) is 9.52 Å². The molecule has 0 unspecified atom stereocenters. The Morgan fingerprint density at radius 3 is 2.68 bits per heavy atom. The number of rotatable bonds is 5. The summed E-state index contributed by atoms with van der Waals surface area (Å²) < 4.78 is 27.7. The number of hydrogen-bond acceptors (Lipinski definition) is 4. The molecule has 2 atom stereocenters. The molecule has 0 bridgehead atoms. The van der Waals surface area contributed by atoms with E-state index in [1.54, 1.807) is 30.3 Å². The highest BCUT2D eigenvalue weighted by Gasteiger charge is 2.38. The SMILES string of the molecule is O=C(N/N=C1/C[C@H]2C=CC[C@H]12)c1cccc(S(=O)(=O)Nc2ccc(Cl)cc2)c1. The van der Waals surface area contributed by atoms with Crippen LogP contribution in [0.2, 0.25) is 5.02 Å². The van der Waals surface area contributed by atoms with Crippen LogP contribution in [0.3, 0.4) is 0 Å². The molecule has 2 aromatic rings. The number of fused-ring (bicyclic) bond motifs is 1. The molecule has 2 aromatic carbocycles. The minimum absolute atomic E-state index is 0.00791. The number of hydrazone groups is 1. The normalized spacial score (nSPS) is 21.8. The summed E-state index contributed by atoms with van der Waals surface area (Å²) in [6.45, 7) is 0. The quantitative estimate of drug-likeness (QED) is 0.574. The summed E-state index contributed by atoms with van der Waals surface area (Å²) in [6.07, 6.45) is 6.15. The van der Waals surface area contributed by atoms with E-state index in [0.717, 1.165) is 18.6 Å². The Morgan fingerprint density at radius 2 is 1.93 bits per heavy atom. The van der Waals surface area contributed by atoms with Crippen LogP contribution in [0.1, 0.15) is 23.2 Å². The van der Waals surface area contributed by atoms with Crippen molar-refractivity contribution >= 4 is 38.9 Å². The van der Waals surface area contributed by atoms with Gasteiger partial charge >= 0.3 is 0 Å². The Morgan fingerprint density at radius 1 is 1.14 bits per heavy atom. The molecule has 0 aromatic heterocycles. The van der Waals surface area contributed by atoms with Crippen LogP contribution in [-0.4, -0.2) is 20.0 Å². The van der Waals surface area contributed by atoms with Gasteiger partial charge in [0, 0.05) is 27.9 Å². The summed E-state index contributed by atoms with van der Waals surface area (Å²) in [7, 11) is -3.84. The number of amides is 1. The smallest absolute Gasteiger partial charge is 0.271 e. The number of sulfonamides is 1. The molecule has 0 heterocycles. The maximum Gasteiger partial charge on any atom is 0.271 e. The van der Waals surface area contributed by atoms with Crippen LogP contribution < -0.4 is 10.1 Å². The van der Waals surface area contributed by atoms with Crippen LogP contribution in [0.25, 0.3) is 0 Å². The lowest BCUT2D eigenvalue weighted by Gasteiger charge is -2.31. The molecule has 0 spiro atoms. The minimum atomic E-state index is -3.84. The van der Waals surface area contributed by atoms with Crippen molar-refractivity contribution in [3.63, 3.8) is 0 Å². The van der Waals surface area contributed by atoms with Crippen molar-refractivity contribution in [1.82, 2.24) is 5.43 Å². The third-order valence-corrected chi connectivity index (χ3v) is 6.60. The van der Waals surface area contributed by atoms with Gasteiger partial charge in [0.25, 0.3) is 15.9 Å². The van der Waals surface area contributed by atoms with E-state index in [1.807, 2.05) is 0 Å². The van der Waals surface area contributed by atoms with Crippen molar-refractivity contribution in [3.05, 3.63) is 71.3 Å². The molecule has 0 radical (unpaired) electrons. The number of anilines is 1. The van der Waals surface area contributed by atoms with Gasteiger partial charge in [0.15, 0.2) is 0 Å². The second-order valence-corrected chi connectivity index (χ2v) is 8.94. The Bertz CT molecular complexity index is 1080. The minimum Gasteiger partial charge on any atom is -0.280 e. The first-order chi connectivity index (χ1) is 13.4. The Hall–Kier alpha value is -2.64. The first kappa shape index (κ1) is 18.7. The molecule has 0 saturated heterocycles. The number of nitrogens with one attached hydrogen (secondary N) is 2. The predicted molar refractivity (Wildman–Crippen MR) is 109 cm³/mol. The van der Waals surface area contributed by atoms with Gasteiger partial charge in [0.1, 0.15) is 0 Å². The molecule has 1 amide bonds. The van der Waals surface area contributed by atoms with E-state index in [9.17, 15) is 13.2 Å². The molecular formula is C20H18ClN3O3S. The van der Waals surface area contributed by atoms with E-state index in [-0.39, 0.29) is 10.5 Å². The number of hydrogen-bond donors (Lipinski definition) is 2. The lowest BCUT2D eigenvalue weighted by molar-refractivity contribution is 0.0953. The number of carbonyl (C=O) groups is 1. The van der Waals surface area contributed by atoms with Crippen molar-refractivity contribution in [3.8, 4) is 0 Å². The molecule has 1 fully saturated rings. The molecule has 1 saturated carbocycles. The van der Waals surface area contributed by atoms with Crippen molar-refractivity contribution in [2.75, 3.05) is 4.72 Å². The average Bonchev–Trinajstić information content (AvgIpc) is 3.04. The van der Waals surface area contributed by atoms with Crippen LogP contribution in [0.5, 0.6) is 0 Å². The average molecular weight is 416 g/mol. The van der Waals surface area contributed by atoms with E-state index in [1.165, 1.54) is 18.2 Å². The molecule has 2 aliphatic carbocycles. The second-order valence-electron chi connectivity index (χ2n) is 6.82. The van der Waals surface area contributed by atoms with Crippen LogP contribution in [0.4, 0.5) is 5.69 Å². The van der Waals surface area contributed by atoms with Crippen LogP contribution in [0.15, 0.2) is 70.7 Å². The van der Waals surface area contributed by atoms with Crippen LogP contribution in [0, 0.1) is 11.8 Å². The number of allylic oxidation sites excluding steroid dienone is 2. The van der Waals surface area contributed by atoms with Gasteiger partial charge in [-0.15, -0.1) is 0 Å². The maximum absolute atomic E-state index is 12.6. The molecule has 8 heteroatoms. The van der Waals surface area contributed by atoms with E-state index < -0.39 is 15.9 Å². The Labute approximate surface area is 168 Å². The summed E-state index contributed by atoms with van der Waals surface area (Å²) in [6, 6.07) is 12.2. The van der Waals surface area contributed by atoms with Gasteiger partial charge < -0.3 is 0 Å². The topological polar surface area (TPSA) is 87.6 Å². The van der Waals surface area contributed by atoms with Crippen molar-refractivity contribution in [2.24, 2.45) is 16.9 Å². The Kier molecular flexibility index (Phi) is 4.95. The fourth-order valence-corrected chi connectivity index (χ4v) is 4.62.